The molecule has 0 spiro atoms. The molecule has 43 heavy (non-hydrogen) atoms. The Hall–Kier alpha value is -3.31. The Balaban J connectivity index is 1.27. The minimum absolute atomic E-state index is 0.0357. The summed E-state index contributed by atoms with van der Waals surface area (Å²) in [4.78, 5) is 21.9. The van der Waals surface area contributed by atoms with Gasteiger partial charge in [-0.25, -0.2) is 9.37 Å². The van der Waals surface area contributed by atoms with Crippen LogP contribution in [0.2, 0.25) is 5.02 Å². The quantitative estimate of drug-likeness (QED) is 0.311. The van der Waals surface area contributed by atoms with Gasteiger partial charge in [0.05, 0.1) is 33.5 Å². The number of rotatable bonds is 5. The number of nitrogens with one attached hydrogen (secondary N) is 2. The number of halogens is 2. The fourth-order valence-electron chi connectivity index (χ4n) is 8.09. The third kappa shape index (κ3) is 4.58. The number of aromatic hydroxyl groups is 1. The Morgan fingerprint density at radius 1 is 1.09 bits per heavy atom. The summed E-state index contributed by atoms with van der Waals surface area (Å²) in [5, 5.41) is 24.0. The molecule has 0 radical (unpaired) electrons. The number of nitrogens with zero attached hydrogens (tertiary/aromatic N) is 4. The lowest BCUT2D eigenvalue weighted by Gasteiger charge is -2.40. The zero-order valence-electron chi connectivity index (χ0n) is 23.8. The van der Waals surface area contributed by atoms with Gasteiger partial charge in [0.15, 0.2) is 0 Å². The molecule has 4 saturated heterocycles. The molecule has 2 atom stereocenters. The van der Waals surface area contributed by atoms with Crippen molar-refractivity contribution in [3.63, 3.8) is 0 Å². The maximum atomic E-state index is 14.6. The molecule has 2 aromatic carbocycles. The van der Waals surface area contributed by atoms with Gasteiger partial charge in [-0.1, -0.05) is 17.7 Å². The number of hydrogen-bond donors (Lipinski definition) is 3. The molecule has 9 nitrogen and oxygen atoms in total. The second-order valence-electron chi connectivity index (χ2n) is 12.7. The lowest BCUT2D eigenvalue weighted by molar-refractivity contribution is 0.110. The van der Waals surface area contributed by atoms with E-state index in [4.69, 9.17) is 21.3 Å². The van der Waals surface area contributed by atoms with E-state index in [1.807, 2.05) is 0 Å². The lowest BCUT2D eigenvalue weighted by Crippen LogP contribution is -2.58. The minimum atomic E-state index is -0.615. The molecule has 4 aliphatic heterocycles. The van der Waals surface area contributed by atoms with Crippen LogP contribution in [0.25, 0.3) is 27.2 Å². The van der Waals surface area contributed by atoms with Gasteiger partial charge < -0.3 is 20.5 Å². The zero-order valence-corrected chi connectivity index (χ0v) is 24.5. The maximum absolute atomic E-state index is 14.6. The van der Waals surface area contributed by atoms with E-state index >= 15 is 0 Å². The third-order valence-corrected chi connectivity index (χ3v) is 10.4. The number of benzene rings is 2. The van der Waals surface area contributed by atoms with Crippen LogP contribution >= 0.6 is 11.6 Å². The van der Waals surface area contributed by atoms with Crippen molar-refractivity contribution >= 4 is 33.1 Å². The maximum Gasteiger partial charge on any atom is 0.279 e. The summed E-state index contributed by atoms with van der Waals surface area (Å²) in [6.45, 7) is 4.53. The topological polar surface area (TPSA) is 105 Å². The van der Waals surface area contributed by atoms with Crippen molar-refractivity contribution in [3.05, 3.63) is 63.4 Å². The van der Waals surface area contributed by atoms with Crippen LogP contribution in [-0.4, -0.2) is 75.2 Å². The molecule has 4 aromatic rings. The van der Waals surface area contributed by atoms with Gasteiger partial charge in [0.25, 0.3) is 5.56 Å². The van der Waals surface area contributed by atoms with Gasteiger partial charge in [0, 0.05) is 54.0 Å². The predicted molar refractivity (Wildman–Crippen MR) is 163 cm³/mol. The van der Waals surface area contributed by atoms with E-state index in [9.17, 15) is 14.3 Å². The Morgan fingerprint density at radius 3 is 2.63 bits per heavy atom. The van der Waals surface area contributed by atoms with Crippen molar-refractivity contribution in [1.82, 2.24) is 30.3 Å². The summed E-state index contributed by atoms with van der Waals surface area (Å²) in [6.07, 6.45) is 8.00. The number of piperidine rings is 1. The molecule has 4 fully saturated rings. The van der Waals surface area contributed by atoms with E-state index < -0.39 is 11.4 Å². The molecule has 8 rings (SSSR count). The smallest absolute Gasteiger partial charge is 0.279 e. The van der Waals surface area contributed by atoms with Crippen LogP contribution in [0.1, 0.15) is 50.1 Å². The summed E-state index contributed by atoms with van der Waals surface area (Å²) >= 11 is 6.40. The number of hydrogen-bond acceptors (Lipinski definition) is 8. The van der Waals surface area contributed by atoms with E-state index in [2.05, 4.69) is 20.6 Å². The average molecular weight is 605 g/mol. The van der Waals surface area contributed by atoms with Crippen LogP contribution in [0.3, 0.4) is 0 Å². The van der Waals surface area contributed by atoms with Crippen LogP contribution < -0.4 is 20.9 Å². The van der Waals surface area contributed by atoms with Gasteiger partial charge >= 0.3 is 0 Å². The van der Waals surface area contributed by atoms with Gasteiger partial charge in [0.2, 0.25) is 5.88 Å². The highest BCUT2D eigenvalue weighted by molar-refractivity contribution is 6.36. The third-order valence-electron chi connectivity index (χ3n) is 10.1. The van der Waals surface area contributed by atoms with Crippen molar-refractivity contribution < 1.29 is 14.2 Å². The molecule has 2 bridgehead atoms. The highest BCUT2D eigenvalue weighted by Crippen LogP contribution is 2.40. The lowest BCUT2D eigenvalue weighted by atomic mass is 9.82. The second kappa shape index (κ2) is 10.4. The van der Waals surface area contributed by atoms with Gasteiger partial charge in [-0.15, -0.1) is 0 Å². The van der Waals surface area contributed by atoms with E-state index in [0.717, 1.165) is 57.6 Å². The molecule has 2 aromatic heterocycles. The number of phenols is 1. The average Bonchev–Trinajstić information content (AvgIpc) is 3.58. The molecular formula is C32H34ClFN6O3. The van der Waals surface area contributed by atoms with Crippen molar-refractivity contribution in [3.8, 4) is 17.3 Å². The van der Waals surface area contributed by atoms with Crippen molar-refractivity contribution in [2.45, 2.75) is 62.1 Å². The van der Waals surface area contributed by atoms with Crippen LogP contribution in [0.4, 0.5) is 4.39 Å². The molecule has 0 amide bonds. The molecular weight excluding hydrogens is 571 g/mol. The Morgan fingerprint density at radius 2 is 1.86 bits per heavy atom. The molecule has 2 unspecified atom stereocenters. The van der Waals surface area contributed by atoms with Crippen molar-refractivity contribution in [2.24, 2.45) is 0 Å². The highest BCUT2D eigenvalue weighted by Gasteiger charge is 2.45. The molecule has 4 aliphatic rings. The largest absolute Gasteiger partial charge is 0.508 e. The fraction of sp³-hybridized carbons (Fsp3) is 0.469. The second-order valence-corrected chi connectivity index (χ2v) is 13.1. The normalized spacial score (nSPS) is 24.9. The first kappa shape index (κ1) is 27.3. The number of pyridine rings is 1. The summed E-state index contributed by atoms with van der Waals surface area (Å²) in [7, 11) is 0. The number of piperazine rings is 1. The standard InChI is InChI=1S/C32H34ClFN6O3/c33-29-25(34)4-3-18-11-22(41)12-26(28(18)29)40-31(42)23-13-27(43-17-32-5-1-7-39(32)8-2-6-32)38-30(24(23)16-36-40)19-9-20-14-35-15-21(10-19)37-20/h3-4,11-13,16,19-21,35,37,41H,1-2,5-10,14-15,17H2. The van der Waals surface area contributed by atoms with Crippen LogP contribution in [0, 0.1) is 5.82 Å². The van der Waals surface area contributed by atoms with Crippen LogP contribution in [0.15, 0.2) is 41.3 Å². The fourth-order valence-corrected chi connectivity index (χ4v) is 8.36. The number of aromatic nitrogens is 3. The van der Waals surface area contributed by atoms with E-state index in [1.165, 1.54) is 41.8 Å². The summed E-state index contributed by atoms with van der Waals surface area (Å²) in [5.74, 6) is -0.114. The molecule has 3 N–H and O–H groups in total. The van der Waals surface area contributed by atoms with E-state index in [0.29, 0.717) is 46.1 Å². The van der Waals surface area contributed by atoms with Crippen LogP contribution in [-0.2, 0) is 0 Å². The Kier molecular flexibility index (Phi) is 6.59. The number of fused-ring (bicyclic) bond motifs is 5. The first-order valence-electron chi connectivity index (χ1n) is 15.3. The first-order valence-corrected chi connectivity index (χ1v) is 15.6. The predicted octanol–water partition coefficient (Wildman–Crippen LogP) is 4.25. The minimum Gasteiger partial charge on any atom is -0.508 e. The summed E-state index contributed by atoms with van der Waals surface area (Å²) in [5.41, 5.74) is 0.671. The number of phenolic OH excluding ortho intramolecular Hbond substituents is 1. The molecule has 6 heterocycles. The van der Waals surface area contributed by atoms with Gasteiger partial charge in [-0.3, -0.25) is 9.69 Å². The molecule has 224 valence electrons. The Labute approximate surface area is 253 Å². The molecule has 0 aliphatic carbocycles. The van der Waals surface area contributed by atoms with Crippen molar-refractivity contribution in [1.29, 1.82) is 0 Å². The van der Waals surface area contributed by atoms with E-state index in [-0.39, 0.29) is 27.9 Å². The molecule has 11 heteroatoms. The van der Waals surface area contributed by atoms with Crippen LogP contribution in [0.5, 0.6) is 11.6 Å². The number of ether oxygens (including phenoxy) is 1. The SMILES string of the molecule is O=c1c2cc(OCC34CCCN3CCC4)nc(C3CC4CNCC(C3)N4)c2cnn1-c1cc(O)cc2ccc(F)c(Cl)c12. The van der Waals surface area contributed by atoms with Gasteiger partial charge in [-0.2, -0.15) is 9.78 Å². The summed E-state index contributed by atoms with van der Waals surface area (Å²) < 4.78 is 22.3. The van der Waals surface area contributed by atoms with Crippen molar-refractivity contribution in [2.75, 3.05) is 32.8 Å². The Bertz CT molecular complexity index is 1790. The summed E-state index contributed by atoms with van der Waals surface area (Å²) in [6, 6.07) is 8.02. The van der Waals surface area contributed by atoms with Gasteiger partial charge in [0.1, 0.15) is 18.2 Å². The first-order chi connectivity index (χ1) is 20.9. The monoisotopic (exact) mass is 604 g/mol. The zero-order chi connectivity index (χ0) is 29.3. The van der Waals surface area contributed by atoms with E-state index in [1.54, 1.807) is 12.3 Å². The molecule has 0 saturated carbocycles. The van der Waals surface area contributed by atoms with Gasteiger partial charge in [-0.05, 0) is 69.1 Å². The highest BCUT2D eigenvalue weighted by atomic mass is 35.5.